The summed E-state index contributed by atoms with van der Waals surface area (Å²) in [5.41, 5.74) is 2.85. The molecule has 18 heavy (non-hydrogen) atoms. The zero-order valence-corrected chi connectivity index (χ0v) is 11.4. The number of halogens is 1. The zero-order valence-electron chi connectivity index (χ0n) is 11.4. The molecule has 2 atom stereocenters. The van der Waals surface area contributed by atoms with E-state index in [4.69, 9.17) is 4.74 Å². The molecule has 1 aromatic rings. The Bertz CT molecular complexity index is 413. The molecule has 2 unspecified atom stereocenters. The fourth-order valence-corrected chi connectivity index (χ4v) is 2.64. The van der Waals surface area contributed by atoms with Crippen LogP contribution >= 0.6 is 0 Å². The summed E-state index contributed by atoms with van der Waals surface area (Å²) >= 11 is 0. The van der Waals surface area contributed by atoms with Crippen LogP contribution in [0.15, 0.2) is 12.1 Å². The Morgan fingerprint density at radius 1 is 1.33 bits per heavy atom. The molecule has 1 aliphatic heterocycles. The summed E-state index contributed by atoms with van der Waals surface area (Å²) in [7, 11) is 1.62. The predicted molar refractivity (Wildman–Crippen MR) is 72.0 cm³/mol. The number of aryl methyl sites for hydroxylation is 1. The van der Waals surface area contributed by atoms with Crippen molar-refractivity contribution in [3.05, 3.63) is 28.8 Å². The van der Waals surface area contributed by atoms with E-state index in [1.165, 1.54) is 0 Å². The second kappa shape index (κ2) is 5.70. The summed E-state index contributed by atoms with van der Waals surface area (Å²) in [5.74, 6) is 0.704. The lowest BCUT2D eigenvalue weighted by Crippen LogP contribution is -2.37. The first-order valence-corrected chi connectivity index (χ1v) is 6.66. The first-order valence-electron chi connectivity index (χ1n) is 6.66. The number of hydrogen-bond acceptors (Lipinski definition) is 2. The van der Waals surface area contributed by atoms with Gasteiger partial charge in [-0.1, -0.05) is 18.6 Å². The third-order valence-electron chi connectivity index (χ3n) is 3.91. The molecular weight excluding hydrogens is 229 g/mol. The smallest absolute Gasteiger partial charge is 0.144 e. The van der Waals surface area contributed by atoms with Crippen LogP contribution in [0.5, 0.6) is 5.75 Å². The van der Waals surface area contributed by atoms with Crippen LogP contribution in [0.2, 0.25) is 0 Å². The van der Waals surface area contributed by atoms with Crippen molar-refractivity contribution in [1.29, 1.82) is 0 Å². The Balaban J connectivity index is 2.28. The van der Waals surface area contributed by atoms with Gasteiger partial charge in [0.15, 0.2) is 0 Å². The van der Waals surface area contributed by atoms with Gasteiger partial charge in [0.05, 0.1) is 7.11 Å². The minimum Gasteiger partial charge on any atom is -0.496 e. The Kier molecular flexibility index (Phi) is 4.23. The fraction of sp³-hybridized carbons (Fsp3) is 0.600. The lowest BCUT2D eigenvalue weighted by molar-refractivity contribution is 0.216. The Labute approximate surface area is 109 Å². The van der Waals surface area contributed by atoms with Crippen LogP contribution in [-0.2, 0) is 0 Å². The number of nitrogens with one attached hydrogen (secondary N) is 1. The third kappa shape index (κ3) is 2.51. The van der Waals surface area contributed by atoms with Gasteiger partial charge in [-0.2, -0.15) is 0 Å². The van der Waals surface area contributed by atoms with Crippen LogP contribution in [0, 0.1) is 13.8 Å². The molecule has 1 heterocycles. The normalized spacial score (nSPS) is 21.7. The summed E-state index contributed by atoms with van der Waals surface area (Å²) in [4.78, 5) is 0. The van der Waals surface area contributed by atoms with Gasteiger partial charge >= 0.3 is 0 Å². The SMILES string of the molecule is COc1c(C(F)C2CCCCN2)ccc(C)c1C. The molecule has 2 rings (SSSR count). The van der Waals surface area contributed by atoms with E-state index in [0.717, 1.165) is 36.9 Å². The van der Waals surface area contributed by atoms with Crippen LogP contribution in [0.3, 0.4) is 0 Å². The first-order chi connectivity index (χ1) is 8.65. The number of rotatable bonds is 3. The van der Waals surface area contributed by atoms with Crippen LogP contribution in [0.1, 0.15) is 42.1 Å². The topological polar surface area (TPSA) is 21.3 Å². The molecule has 0 bridgehead atoms. The van der Waals surface area contributed by atoms with E-state index in [1.54, 1.807) is 7.11 Å². The molecule has 1 aliphatic rings. The molecule has 0 spiro atoms. The Morgan fingerprint density at radius 3 is 2.72 bits per heavy atom. The maximum atomic E-state index is 14.6. The molecule has 1 fully saturated rings. The largest absolute Gasteiger partial charge is 0.496 e. The number of hydrogen-bond donors (Lipinski definition) is 1. The van der Waals surface area contributed by atoms with E-state index in [1.807, 2.05) is 26.0 Å². The van der Waals surface area contributed by atoms with E-state index >= 15 is 0 Å². The van der Waals surface area contributed by atoms with Crippen LogP contribution in [0.4, 0.5) is 4.39 Å². The molecule has 1 aromatic carbocycles. The highest BCUT2D eigenvalue weighted by atomic mass is 19.1. The van der Waals surface area contributed by atoms with Crippen molar-refractivity contribution in [2.45, 2.75) is 45.3 Å². The number of benzene rings is 1. The number of piperidine rings is 1. The Hall–Kier alpha value is -1.09. The molecule has 0 saturated carbocycles. The van der Waals surface area contributed by atoms with Crippen molar-refractivity contribution in [1.82, 2.24) is 5.32 Å². The van der Waals surface area contributed by atoms with Gasteiger partial charge in [0.2, 0.25) is 0 Å². The molecule has 0 aromatic heterocycles. The van der Waals surface area contributed by atoms with Gasteiger partial charge in [0.25, 0.3) is 0 Å². The second-order valence-electron chi connectivity index (χ2n) is 5.09. The maximum Gasteiger partial charge on any atom is 0.144 e. The fourth-order valence-electron chi connectivity index (χ4n) is 2.64. The van der Waals surface area contributed by atoms with Crippen molar-refractivity contribution in [2.75, 3.05) is 13.7 Å². The molecule has 2 nitrogen and oxygen atoms in total. The molecule has 0 radical (unpaired) electrons. The van der Waals surface area contributed by atoms with Crippen molar-refractivity contribution >= 4 is 0 Å². The van der Waals surface area contributed by atoms with E-state index in [-0.39, 0.29) is 6.04 Å². The minimum atomic E-state index is -0.987. The van der Waals surface area contributed by atoms with Gasteiger partial charge in [-0.05, 0) is 44.4 Å². The summed E-state index contributed by atoms with van der Waals surface area (Å²) in [6.07, 6.45) is 2.16. The summed E-state index contributed by atoms with van der Waals surface area (Å²) < 4.78 is 20.0. The van der Waals surface area contributed by atoms with Gasteiger partial charge in [-0.25, -0.2) is 4.39 Å². The van der Waals surface area contributed by atoms with Crippen molar-refractivity contribution in [3.8, 4) is 5.75 Å². The number of ether oxygens (including phenoxy) is 1. The van der Waals surface area contributed by atoms with Crippen LogP contribution in [-0.4, -0.2) is 19.7 Å². The van der Waals surface area contributed by atoms with Gasteiger partial charge < -0.3 is 10.1 Å². The highest BCUT2D eigenvalue weighted by Crippen LogP contribution is 2.36. The van der Waals surface area contributed by atoms with Crippen molar-refractivity contribution in [3.63, 3.8) is 0 Å². The summed E-state index contributed by atoms with van der Waals surface area (Å²) in [5, 5.41) is 3.27. The summed E-state index contributed by atoms with van der Waals surface area (Å²) in [6.45, 7) is 4.92. The number of methoxy groups -OCH3 is 1. The van der Waals surface area contributed by atoms with Crippen molar-refractivity contribution in [2.24, 2.45) is 0 Å². The van der Waals surface area contributed by atoms with Gasteiger partial charge in [-0.3, -0.25) is 0 Å². The van der Waals surface area contributed by atoms with E-state index in [0.29, 0.717) is 11.3 Å². The monoisotopic (exact) mass is 251 g/mol. The van der Waals surface area contributed by atoms with E-state index in [9.17, 15) is 4.39 Å². The molecule has 3 heteroatoms. The highest BCUT2D eigenvalue weighted by molar-refractivity contribution is 5.46. The average Bonchev–Trinajstić information content (AvgIpc) is 2.42. The lowest BCUT2D eigenvalue weighted by Gasteiger charge is -2.28. The van der Waals surface area contributed by atoms with Gasteiger partial charge in [-0.15, -0.1) is 0 Å². The maximum absolute atomic E-state index is 14.6. The van der Waals surface area contributed by atoms with E-state index < -0.39 is 6.17 Å². The zero-order chi connectivity index (χ0) is 13.1. The third-order valence-corrected chi connectivity index (χ3v) is 3.91. The minimum absolute atomic E-state index is 0.0743. The Morgan fingerprint density at radius 2 is 2.11 bits per heavy atom. The first kappa shape index (κ1) is 13.3. The molecule has 100 valence electrons. The van der Waals surface area contributed by atoms with Crippen LogP contribution < -0.4 is 10.1 Å². The van der Waals surface area contributed by atoms with Crippen LogP contribution in [0.25, 0.3) is 0 Å². The van der Waals surface area contributed by atoms with Gasteiger partial charge in [0.1, 0.15) is 11.9 Å². The van der Waals surface area contributed by atoms with E-state index in [2.05, 4.69) is 5.32 Å². The quantitative estimate of drug-likeness (QED) is 0.888. The molecular formula is C15H22FNO. The predicted octanol–water partition coefficient (Wildman–Crippen LogP) is 3.46. The van der Waals surface area contributed by atoms with Crippen molar-refractivity contribution < 1.29 is 9.13 Å². The molecule has 1 N–H and O–H groups in total. The molecule has 1 saturated heterocycles. The average molecular weight is 251 g/mol. The second-order valence-corrected chi connectivity index (χ2v) is 5.09. The lowest BCUT2D eigenvalue weighted by atomic mass is 9.93. The number of alkyl halides is 1. The summed E-state index contributed by atoms with van der Waals surface area (Å²) in [6, 6.07) is 3.76. The molecule has 0 amide bonds. The molecule has 0 aliphatic carbocycles. The highest BCUT2D eigenvalue weighted by Gasteiger charge is 2.27. The van der Waals surface area contributed by atoms with Gasteiger partial charge in [0, 0.05) is 11.6 Å². The standard InChI is InChI=1S/C15H22FNO/c1-10-7-8-12(15(18-3)11(10)2)14(16)13-6-4-5-9-17-13/h7-8,13-14,17H,4-6,9H2,1-3H3.